The molecule has 0 fully saturated rings. The Bertz CT molecular complexity index is 930. The fourth-order valence-electron chi connectivity index (χ4n) is 3.07. The van der Waals surface area contributed by atoms with Crippen LogP contribution >= 0.6 is 0 Å². The maximum atomic E-state index is 12.6. The van der Waals surface area contributed by atoms with Gasteiger partial charge in [-0.25, -0.2) is 4.98 Å². The molecule has 1 aromatic carbocycles. The molecule has 0 spiro atoms. The smallest absolute Gasteiger partial charge is 0.270 e. The second kappa shape index (κ2) is 8.64. The van der Waals surface area contributed by atoms with E-state index in [0.717, 1.165) is 24.3 Å². The van der Waals surface area contributed by atoms with E-state index in [1.54, 1.807) is 6.20 Å². The number of aryl methyl sites for hydroxylation is 1. The van der Waals surface area contributed by atoms with Crippen molar-refractivity contribution in [1.29, 1.82) is 0 Å². The van der Waals surface area contributed by atoms with E-state index in [2.05, 4.69) is 46.5 Å². The Labute approximate surface area is 160 Å². The van der Waals surface area contributed by atoms with Gasteiger partial charge in [0.05, 0.1) is 6.20 Å². The van der Waals surface area contributed by atoms with Crippen molar-refractivity contribution in [1.82, 2.24) is 19.6 Å². The van der Waals surface area contributed by atoms with Gasteiger partial charge < -0.3 is 10.2 Å². The van der Waals surface area contributed by atoms with E-state index in [4.69, 9.17) is 0 Å². The van der Waals surface area contributed by atoms with Crippen molar-refractivity contribution < 1.29 is 4.79 Å². The summed E-state index contributed by atoms with van der Waals surface area (Å²) in [4.78, 5) is 19.1. The fourth-order valence-corrected chi connectivity index (χ4v) is 3.07. The summed E-state index contributed by atoms with van der Waals surface area (Å²) in [5.41, 5.74) is 3.62. The van der Waals surface area contributed by atoms with Gasteiger partial charge in [0.15, 0.2) is 0 Å². The molecule has 5 nitrogen and oxygen atoms in total. The van der Waals surface area contributed by atoms with Crippen molar-refractivity contribution in [3.8, 4) is 0 Å². The summed E-state index contributed by atoms with van der Waals surface area (Å²) in [7, 11) is 2.05. The summed E-state index contributed by atoms with van der Waals surface area (Å²) in [5.74, 6) is -0.103. The molecule has 3 aromatic rings. The molecule has 0 saturated carbocycles. The Morgan fingerprint density at radius 1 is 1.26 bits per heavy atom. The lowest BCUT2D eigenvalue weighted by atomic mass is 10.2. The number of rotatable bonds is 7. The molecule has 1 N–H and O–H groups in total. The lowest BCUT2D eigenvalue weighted by Crippen LogP contribution is -2.41. The highest BCUT2D eigenvalue weighted by Gasteiger charge is 2.15. The zero-order chi connectivity index (χ0) is 19.2. The maximum Gasteiger partial charge on any atom is 0.270 e. The number of pyridine rings is 1. The summed E-state index contributed by atoms with van der Waals surface area (Å²) in [6.45, 7) is 5.61. The highest BCUT2D eigenvalue weighted by atomic mass is 16.2. The van der Waals surface area contributed by atoms with Crippen LogP contribution in [0.25, 0.3) is 11.7 Å². The van der Waals surface area contributed by atoms with E-state index < -0.39 is 0 Å². The first-order chi connectivity index (χ1) is 13.0. The summed E-state index contributed by atoms with van der Waals surface area (Å²) < 4.78 is 1.84. The number of carbonyl (C=O) groups is 1. The minimum atomic E-state index is -0.103. The molecule has 0 aliphatic carbocycles. The van der Waals surface area contributed by atoms with Crippen LogP contribution in [0.4, 0.5) is 0 Å². The summed E-state index contributed by atoms with van der Waals surface area (Å²) in [5, 5.41) is 3.07. The number of likely N-dealkylation sites (N-methyl/N-ethyl adjacent to an activating group) is 1. The van der Waals surface area contributed by atoms with E-state index in [-0.39, 0.29) is 11.9 Å². The van der Waals surface area contributed by atoms with E-state index in [0.29, 0.717) is 5.69 Å². The number of amides is 1. The number of hydrogen-bond donors (Lipinski definition) is 1. The van der Waals surface area contributed by atoms with Gasteiger partial charge in [-0.1, -0.05) is 48.6 Å². The summed E-state index contributed by atoms with van der Waals surface area (Å²) in [6, 6.07) is 14.2. The van der Waals surface area contributed by atoms with Gasteiger partial charge in [0.25, 0.3) is 5.91 Å². The van der Waals surface area contributed by atoms with Gasteiger partial charge in [0.1, 0.15) is 11.3 Å². The summed E-state index contributed by atoms with van der Waals surface area (Å²) in [6.07, 6.45) is 7.81. The number of fused-ring (bicyclic) bond motifs is 1. The number of carbonyl (C=O) groups excluding carboxylic acids is 1. The van der Waals surface area contributed by atoms with Crippen LogP contribution in [-0.4, -0.2) is 46.4 Å². The highest BCUT2D eigenvalue weighted by molar-refractivity contribution is 5.93. The number of nitrogens with zero attached hydrogens (tertiary/aromatic N) is 3. The van der Waals surface area contributed by atoms with Crippen LogP contribution in [0.5, 0.6) is 0 Å². The quantitative estimate of drug-likeness (QED) is 0.701. The first kappa shape index (κ1) is 18.9. The molecule has 1 amide bonds. The van der Waals surface area contributed by atoms with Crippen molar-refractivity contribution in [3.05, 3.63) is 77.8 Å². The first-order valence-corrected chi connectivity index (χ1v) is 9.17. The summed E-state index contributed by atoms with van der Waals surface area (Å²) >= 11 is 0. The van der Waals surface area contributed by atoms with Crippen LogP contribution in [0.2, 0.25) is 0 Å². The third-order valence-electron chi connectivity index (χ3n) is 4.38. The third kappa shape index (κ3) is 5.05. The Morgan fingerprint density at radius 2 is 2.04 bits per heavy atom. The minimum absolute atomic E-state index is 0.0305. The van der Waals surface area contributed by atoms with E-state index >= 15 is 0 Å². The first-order valence-electron chi connectivity index (χ1n) is 9.17. The second-order valence-electron chi connectivity index (χ2n) is 6.99. The van der Waals surface area contributed by atoms with Crippen LogP contribution in [0.1, 0.15) is 28.5 Å². The van der Waals surface area contributed by atoms with Crippen LogP contribution in [0.15, 0.2) is 60.9 Å². The Hall–Kier alpha value is -2.92. The van der Waals surface area contributed by atoms with Gasteiger partial charge >= 0.3 is 0 Å². The molecule has 0 aliphatic rings. The molecule has 3 rings (SSSR count). The van der Waals surface area contributed by atoms with Crippen LogP contribution in [-0.2, 0) is 0 Å². The number of imidazole rings is 1. The average Bonchev–Trinajstić information content (AvgIpc) is 3.05. The Balaban J connectivity index is 1.53. The predicted octanol–water partition coefficient (Wildman–Crippen LogP) is 3.41. The highest BCUT2D eigenvalue weighted by Crippen LogP contribution is 2.09. The van der Waals surface area contributed by atoms with E-state index in [1.165, 1.54) is 5.56 Å². The monoisotopic (exact) mass is 362 g/mol. The van der Waals surface area contributed by atoms with Gasteiger partial charge in [-0.2, -0.15) is 0 Å². The SMILES string of the molecule is Cc1ccc2ncc(C(=O)NC(C)CN(C)C/C=C/c3ccccc3)n2c1. The topological polar surface area (TPSA) is 49.6 Å². The van der Waals surface area contributed by atoms with Crippen LogP contribution in [0, 0.1) is 6.92 Å². The number of benzene rings is 1. The molecule has 5 heteroatoms. The fraction of sp³-hybridized carbons (Fsp3) is 0.273. The van der Waals surface area contributed by atoms with Crippen LogP contribution < -0.4 is 5.32 Å². The molecule has 1 atom stereocenters. The van der Waals surface area contributed by atoms with Gasteiger partial charge in [-0.05, 0) is 38.1 Å². The molecule has 2 heterocycles. The van der Waals surface area contributed by atoms with Crippen molar-refractivity contribution in [3.63, 3.8) is 0 Å². The zero-order valence-corrected chi connectivity index (χ0v) is 16.1. The Kier molecular flexibility index (Phi) is 6.04. The number of hydrogen-bond acceptors (Lipinski definition) is 3. The van der Waals surface area contributed by atoms with Gasteiger partial charge in [0.2, 0.25) is 0 Å². The zero-order valence-electron chi connectivity index (χ0n) is 16.1. The Morgan fingerprint density at radius 3 is 2.81 bits per heavy atom. The van der Waals surface area contributed by atoms with Crippen molar-refractivity contribution >= 4 is 17.6 Å². The molecule has 2 aromatic heterocycles. The van der Waals surface area contributed by atoms with Gasteiger partial charge in [0, 0.05) is 25.3 Å². The molecular weight excluding hydrogens is 336 g/mol. The maximum absolute atomic E-state index is 12.6. The number of nitrogens with one attached hydrogen (secondary N) is 1. The lowest BCUT2D eigenvalue weighted by molar-refractivity contribution is 0.0927. The van der Waals surface area contributed by atoms with E-state index in [9.17, 15) is 4.79 Å². The van der Waals surface area contributed by atoms with Gasteiger partial charge in [-0.15, -0.1) is 0 Å². The number of aromatic nitrogens is 2. The largest absolute Gasteiger partial charge is 0.347 e. The van der Waals surface area contributed by atoms with Crippen molar-refractivity contribution in [2.45, 2.75) is 19.9 Å². The van der Waals surface area contributed by atoms with Crippen LogP contribution in [0.3, 0.4) is 0 Å². The molecule has 0 bridgehead atoms. The molecule has 0 saturated heterocycles. The average molecular weight is 362 g/mol. The third-order valence-corrected chi connectivity index (χ3v) is 4.38. The second-order valence-corrected chi connectivity index (χ2v) is 6.99. The molecule has 1 unspecified atom stereocenters. The minimum Gasteiger partial charge on any atom is -0.347 e. The molecule has 140 valence electrons. The van der Waals surface area contributed by atoms with Crippen molar-refractivity contribution in [2.24, 2.45) is 0 Å². The molecule has 0 aliphatic heterocycles. The lowest BCUT2D eigenvalue weighted by Gasteiger charge is -2.21. The van der Waals surface area contributed by atoms with E-state index in [1.807, 2.05) is 54.8 Å². The van der Waals surface area contributed by atoms with Gasteiger partial charge in [-0.3, -0.25) is 9.20 Å². The van der Waals surface area contributed by atoms with Crippen molar-refractivity contribution in [2.75, 3.05) is 20.1 Å². The molecule has 27 heavy (non-hydrogen) atoms. The molecular formula is C22H26N4O. The standard InChI is InChI=1S/C22H26N4O/c1-17-11-12-21-23-14-20(26(21)15-17)22(27)24-18(2)16-25(3)13-7-10-19-8-5-4-6-9-19/h4-12,14-15,18H,13,16H2,1-3H3,(H,24,27)/b10-7+. The normalized spacial score (nSPS) is 12.7. The predicted molar refractivity (Wildman–Crippen MR) is 110 cm³/mol. The molecule has 0 radical (unpaired) electrons.